The van der Waals surface area contributed by atoms with Gasteiger partial charge in [0.1, 0.15) is 57.6 Å². The lowest BCUT2D eigenvalue weighted by atomic mass is 9.96. The predicted molar refractivity (Wildman–Crippen MR) is 162 cm³/mol. The van der Waals surface area contributed by atoms with Crippen molar-refractivity contribution < 1.29 is 66.2 Å². The fraction of sp³-hybridized carbons (Fsp3) is 0.111. The molecule has 272 valence electrons. The van der Waals surface area contributed by atoms with Gasteiger partial charge < -0.3 is 4.74 Å². The van der Waals surface area contributed by atoms with Crippen LogP contribution in [0.25, 0.3) is 33.4 Å². The van der Waals surface area contributed by atoms with E-state index in [1.54, 1.807) is 0 Å². The highest BCUT2D eigenvalue weighted by molar-refractivity contribution is 6.33. The van der Waals surface area contributed by atoms with E-state index in [2.05, 4.69) is 4.74 Å². The highest BCUT2D eigenvalue weighted by Crippen LogP contribution is 2.42. The van der Waals surface area contributed by atoms with Crippen molar-refractivity contribution in [3.63, 3.8) is 0 Å². The minimum atomic E-state index is -5.42. The summed E-state index contributed by atoms with van der Waals surface area (Å²) in [5, 5.41) is -0.514. The standard InChI is InChI=1S/C36H17ClF14O/c37-23-9-17(21-6-4-16(8-24(21)38)2-1-3-31(45)46)10-26(40)32(23)19-13-29(43)34(30(44)14-19)36(50,51)52-20-5-7-22(25(39)15-20)18-11-27(41)33(28(42)12-18)35(47,48)49/h3-15H,1-2H2. The number of allylic oxidation sites excluding steroid dienone is 1. The fourth-order valence-corrected chi connectivity index (χ4v) is 5.60. The SMILES string of the molecule is FC(F)=CCCc1ccc(-c2cc(F)c(-c3cc(F)c(C(F)(F)Oc4ccc(-c5cc(F)c(C(F)(F)F)c(F)c5)c(F)c4)c(F)c3)c(Cl)c2)c(F)c1. The largest absolute Gasteiger partial charge is 0.432 e. The molecule has 0 unspecified atom stereocenters. The molecule has 52 heavy (non-hydrogen) atoms. The van der Waals surface area contributed by atoms with Crippen LogP contribution in [-0.2, 0) is 18.7 Å². The van der Waals surface area contributed by atoms with Gasteiger partial charge in [0.2, 0.25) is 0 Å². The van der Waals surface area contributed by atoms with Crippen LogP contribution in [0.1, 0.15) is 23.1 Å². The van der Waals surface area contributed by atoms with Crippen molar-refractivity contribution in [1.29, 1.82) is 0 Å². The number of hydrogen-bond acceptors (Lipinski definition) is 1. The number of rotatable bonds is 9. The maximum atomic E-state index is 15.3. The van der Waals surface area contributed by atoms with E-state index in [-0.39, 0.29) is 42.2 Å². The average molecular weight is 767 g/mol. The van der Waals surface area contributed by atoms with Gasteiger partial charge in [0, 0.05) is 22.8 Å². The van der Waals surface area contributed by atoms with E-state index in [0.29, 0.717) is 35.9 Å². The highest BCUT2D eigenvalue weighted by Gasteiger charge is 2.42. The molecule has 0 atom stereocenters. The van der Waals surface area contributed by atoms with Crippen molar-refractivity contribution in [2.75, 3.05) is 0 Å². The maximum Gasteiger partial charge on any atom is 0.432 e. The van der Waals surface area contributed by atoms with E-state index in [1.165, 1.54) is 12.1 Å². The van der Waals surface area contributed by atoms with Gasteiger partial charge in [-0.05, 0) is 95.8 Å². The molecule has 0 aliphatic carbocycles. The molecule has 0 heterocycles. The number of alkyl halides is 5. The molecule has 0 aromatic heterocycles. The molecule has 0 amide bonds. The number of aryl methyl sites for hydroxylation is 1. The second-order valence-electron chi connectivity index (χ2n) is 11.0. The Kier molecular flexibility index (Phi) is 10.7. The van der Waals surface area contributed by atoms with Crippen LogP contribution in [0.5, 0.6) is 5.75 Å². The molecular formula is C36H17ClF14O. The lowest BCUT2D eigenvalue weighted by molar-refractivity contribution is -0.189. The maximum absolute atomic E-state index is 15.3. The Labute approximate surface area is 289 Å². The van der Waals surface area contributed by atoms with E-state index >= 15 is 22.0 Å². The predicted octanol–water partition coefficient (Wildman–Crippen LogP) is 13.2. The quantitative estimate of drug-likeness (QED) is 0.136. The molecule has 0 spiro atoms. The Morgan fingerprint density at radius 3 is 1.60 bits per heavy atom. The van der Waals surface area contributed by atoms with Gasteiger partial charge in [-0.25, -0.2) is 30.7 Å². The van der Waals surface area contributed by atoms with Gasteiger partial charge in [-0.3, -0.25) is 0 Å². The van der Waals surface area contributed by atoms with Crippen LogP contribution in [-0.4, -0.2) is 0 Å². The first-order chi connectivity index (χ1) is 24.3. The second-order valence-corrected chi connectivity index (χ2v) is 11.5. The zero-order valence-electron chi connectivity index (χ0n) is 25.5. The van der Waals surface area contributed by atoms with Crippen LogP contribution >= 0.6 is 11.6 Å². The third-order valence-corrected chi connectivity index (χ3v) is 7.86. The normalized spacial score (nSPS) is 11.9. The summed E-state index contributed by atoms with van der Waals surface area (Å²) in [7, 11) is 0. The molecule has 0 saturated heterocycles. The third kappa shape index (κ3) is 8.04. The van der Waals surface area contributed by atoms with E-state index in [0.717, 1.165) is 18.2 Å². The third-order valence-electron chi connectivity index (χ3n) is 7.56. The van der Waals surface area contributed by atoms with E-state index in [9.17, 15) is 39.5 Å². The lowest BCUT2D eigenvalue weighted by Crippen LogP contribution is -2.25. The van der Waals surface area contributed by atoms with Gasteiger partial charge >= 0.3 is 12.3 Å². The zero-order valence-corrected chi connectivity index (χ0v) is 26.3. The monoisotopic (exact) mass is 766 g/mol. The summed E-state index contributed by atoms with van der Waals surface area (Å²) in [4.78, 5) is 0. The van der Waals surface area contributed by atoms with Gasteiger partial charge in [0.15, 0.2) is 0 Å². The molecule has 0 saturated carbocycles. The molecule has 0 bridgehead atoms. The second kappa shape index (κ2) is 14.5. The summed E-state index contributed by atoms with van der Waals surface area (Å²) < 4.78 is 201. The molecule has 5 aromatic rings. The van der Waals surface area contributed by atoms with Crippen molar-refractivity contribution in [1.82, 2.24) is 0 Å². The summed E-state index contributed by atoms with van der Waals surface area (Å²) in [6.07, 6.45) is -11.5. The Morgan fingerprint density at radius 1 is 0.577 bits per heavy atom. The van der Waals surface area contributed by atoms with Gasteiger partial charge in [-0.15, -0.1) is 0 Å². The topological polar surface area (TPSA) is 9.23 Å². The van der Waals surface area contributed by atoms with E-state index in [4.69, 9.17) is 11.6 Å². The zero-order chi connectivity index (χ0) is 38.3. The van der Waals surface area contributed by atoms with Crippen LogP contribution in [0, 0.1) is 40.7 Å². The molecule has 16 heteroatoms. The van der Waals surface area contributed by atoms with Crippen LogP contribution < -0.4 is 4.74 Å². The molecule has 0 aliphatic rings. The Hall–Kier alpha value is -5.05. The van der Waals surface area contributed by atoms with E-state index < -0.39 is 103 Å². The molecule has 5 aromatic carbocycles. The van der Waals surface area contributed by atoms with Crippen molar-refractivity contribution in [3.05, 3.63) is 147 Å². The molecule has 0 N–H and O–H groups in total. The van der Waals surface area contributed by atoms with Gasteiger partial charge in [-0.1, -0.05) is 23.7 Å². The Morgan fingerprint density at radius 2 is 1.08 bits per heavy atom. The fourth-order valence-electron chi connectivity index (χ4n) is 5.29. The average Bonchev–Trinajstić information content (AvgIpc) is 2.99. The molecule has 0 radical (unpaired) electrons. The minimum absolute atomic E-state index is 0.0689. The van der Waals surface area contributed by atoms with Crippen molar-refractivity contribution in [3.8, 4) is 39.1 Å². The Bertz CT molecular complexity index is 2140. The van der Waals surface area contributed by atoms with E-state index in [1.807, 2.05) is 0 Å². The summed E-state index contributed by atoms with van der Waals surface area (Å²) in [6.45, 7) is 0. The highest BCUT2D eigenvalue weighted by atomic mass is 35.5. The minimum Gasteiger partial charge on any atom is -0.429 e. The number of ether oxygens (including phenoxy) is 1. The molecule has 5 rings (SSSR count). The number of hydrogen-bond donors (Lipinski definition) is 0. The smallest absolute Gasteiger partial charge is 0.429 e. The van der Waals surface area contributed by atoms with Crippen LogP contribution in [0.15, 0.2) is 85.0 Å². The number of benzene rings is 5. The molecule has 1 nitrogen and oxygen atoms in total. The summed E-state index contributed by atoms with van der Waals surface area (Å²) in [5.41, 5.74) is -7.02. The summed E-state index contributed by atoms with van der Waals surface area (Å²) in [5.74, 6) is -12.8. The summed E-state index contributed by atoms with van der Waals surface area (Å²) >= 11 is 6.17. The van der Waals surface area contributed by atoms with Gasteiger partial charge in [-0.2, -0.15) is 30.7 Å². The van der Waals surface area contributed by atoms with Crippen molar-refractivity contribution in [2.24, 2.45) is 0 Å². The van der Waals surface area contributed by atoms with Crippen molar-refractivity contribution in [2.45, 2.75) is 25.1 Å². The lowest BCUT2D eigenvalue weighted by Gasteiger charge is -2.20. The van der Waals surface area contributed by atoms with Crippen LogP contribution in [0.4, 0.5) is 61.5 Å². The Balaban J connectivity index is 1.40. The van der Waals surface area contributed by atoms with Crippen LogP contribution in [0.2, 0.25) is 5.02 Å². The van der Waals surface area contributed by atoms with Crippen LogP contribution in [0.3, 0.4) is 0 Å². The summed E-state index contributed by atoms with van der Waals surface area (Å²) in [6, 6.07) is 7.78. The van der Waals surface area contributed by atoms with Gasteiger partial charge in [0.05, 0.1) is 5.02 Å². The first kappa shape index (κ1) is 38.2. The van der Waals surface area contributed by atoms with Gasteiger partial charge in [0.25, 0.3) is 6.08 Å². The number of halogens is 15. The molecule has 0 fully saturated rings. The van der Waals surface area contributed by atoms with Crippen molar-refractivity contribution >= 4 is 11.6 Å². The molecule has 0 aliphatic heterocycles. The first-order valence-corrected chi connectivity index (χ1v) is 14.9. The molecular weight excluding hydrogens is 750 g/mol. The first-order valence-electron chi connectivity index (χ1n) is 14.5.